The summed E-state index contributed by atoms with van der Waals surface area (Å²) in [7, 11) is 1.32. The zero-order valence-electron chi connectivity index (χ0n) is 32.2. The highest BCUT2D eigenvalue weighted by Gasteiger charge is 2.42. The molecular formula is C42H62N2O9. The third-order valence-corrected chi connectivity index (χ3v) is 9.82. The topological polar surface area (TPSA) is 150 Å². The number of methoxy groups -OCH3 is 1. The number of aromatic hydroxyl groups is 1. The smallest absolute Gasteiger partial charge is 0.332 e. The summed E-state index contributed by atoms with van der Waals surface area (Å²) >= 11 is 0. The number of hydrogen-bond acceptors (Lipinski definition) is 10. The Hall–Kier alpha value is -4.15. The van der Waals surface area contributed by atoms with Crippen LogP contribution < -0.4 is 10.1 Å². The van der Waals surface area contributed by atoms with Gasteiger partial charge in [0.25, 0.3) is 5.91 Å². The largest absolute Gasteiger partial charge is 0.503 e. The number of cyclic esters (lactones) is 2. The van der Waals surface area contributed by atoms with Crippen LogP contribution in [0.5, 0.6) is 11.5 Å². The number of carbonyl (C=O) groups excluding carboxylic acids is 4. The van der Waals surface area contributed by atoms with Crippen LogP contribution in [-0.2, 0) is 35.0 Å². The van der Waals surface area contributed by atoms with E-state index in [1.54, 1.807) is 6.92 Å². The highest BCUT2D eigenvalue weighted by atomic mass is 16.6. The van der Waals surface area contributed by atoms with E-state index in [-0.39, 0.29) is 24.3 Å². The Kier molecular flexibility index (Phi) is 20.4. The second kappa shape index (κ2) is 25.0. The number of unbranched alkanes of at least 4 members (excludes halogenated alkanes) is 16. The minimum Gasteiger partial charge on any atom is -0.503 e. The lowest BCUT2D eigenvalue weighted by Crippen LogP contribution is -2.46. The molecule has 2 heterocycles. The van der Waals surface area contributed by atoms with Gasteiger partial charge in [0, 0.05) is 18.7 Å². The van der Waals surface area contributed by atoms with Crippen LogP contribution in [0.25, 0.3) is 0 Å². The van der Waals surface area contributed by atoms with E-state index in [0.717, 1.165) is 24.8 Å². The maximum Gasteiger partial charge on any atom is 0.332 e. The number of aromatic nitrogens is 1. The highest BCUT2D eigenvalue weighted by molar-refractivity contribution is 5.98. The van der Waals surface area contributed by atoms with Crippen molar-refractivity contribution >= 4 is 23.8 Å². The Balaban J connectivity index is 1.47. The second-order valence-electron chi connectivity index (χ2n) is 14.2. The SMILES string of the molecule is CCCCCCCCCCCCCCCCCCCC(=O)O[C@H]1[C@H](C)OC(=O)[C@@H](NC(=O)c2nccc(OC)c2O)COC(=O)[C@@H]1Cc1ccccc1. The van der Waals surface area contributed by atoms with Crippen molar-refractivity contribution in [3.05, 3.63) is 53.9 Å². The highest BCUT2D eigenvalue weighted by Crippen LogP contribution is 2.28. The van der Waals surface area contributed by atoms with Crippen LogP contribution in [0.15, 0.2) is 42.6 Å². The third-order valence-electron chi connectivity index (χ3n) is 9.82. The Morgan fingerprint density at radius 1 is 0.830 bits per heavy atom. The molecule has 1 fully saturated rings. The molecule has 1 amide bonds. The molecule has 53 heavy (non-hydrogen) atoms. The zero-order chi connectivity index (χ0) is 38.3. The molecule has 11 heteroatoms. The van der Waals surface area contributed by atoms with Crippen LogP contribution >= 0.6 is 0 Å². The fraction of sp³-hybridized carbons (Fsp3) is 0.643. The van der Waals surface area contributed by atoms with Gasteiger partial charge in [-0.3, -0.25) is 14.4 Å². The maximum atomic E-state index is 13.6. The quantitative estimate of drug-likeness (QED) is 0.0613. The molecular weight excluding hydrogens is 676 g/mol. The number of pyridine rings is 1. The third kappa shape index (κ3) is 15.8. The minimum absolute atomic E-state index is 0.0190. The molecule has 0 radical (unpaired) electrons. The molecule has 1 aromatic heterocycles. The molecule has 0 unspecified atom stereocenters. The van der Waals surface area contributed by atoms with Gasteiger partial charge in [0.1, 0.15) is 18.6 Å². The van der Waals surface area contributed by atoms with E-state index in [1.165, 1.54) is 103 Å². The standard InChI is InChI=1S/C42H62N2O9/c1-4-5-6-7-8-9-10-11-12-13-14-15-16-17-18-19-23-26-36(45)53-39-31(2)52-42(49)34(44-40(47)37-38(46)35(50-3)27-28-43-37)30-51-41(48)33(39)29-32-24-21-20-22-25-32/h20-22,24-25,27-28,31,33-34,39,46H,4-19,23,26,29-30H2,1-3H3,(H,44,47)/t31-,33+,34-,39-/m0/s1. The van der Waals surface area contributed by atoms with Crippen molar-refractivity contribution in [1.82, 2.24) is 10.3 Å². The summed E-state index contributed by atoms with van der Waals surface area (Å²) in [6.45, 7) is 3.28. The molecule has 0 saturated carbocycles. The van der Waals surface area contributed by atoms with Gasteiger partial charge < -0.3 is 29.4 Å². The average molecular weight is 739 g/mol. The molecule has 2 aromatic rings. The zero-order valence-corrected chi connectivity index (χ0v) is 32.2. The summed E-state index contributed by atoms with van der Waals surface area (Å²) in [5, 5.41) is 12.8. The van der Waals surface area contributed by atoms with Crippen LogP contribution in [0, 0.1) is 5.92 Å². The first kappa shape index (κ1) is 43.3. The van der Waals surface area contributed by atoms with Crippen molar-refractivity contribution in [2.75, 3.05) is 13.7 Å². The predicted molar refractivity (Wildman–Crippen MR) is 203 cm³/mol. The maximum absolute atomic E-state index is 13.6. The number of amides is 1. The first-order valence-corrected chi connectivity index (χ1v) is 19.9. The van der Waals surface area contributed by atoms with Crippen LogP contribution in [-0.4, -0.2) is 65.9 Å². The normalized spacial score (nSPS) is 18.9. The Bertz CT molecular complexity index is 1390. The number of benzene rings is 1. The van der Waals surface area contributed by atoms with E-state index in [1.807, 2.05) is 30.3 Å². The molecule has 1 aliphatic rings. The number of rotatable bonds is 24. The summed E-state index contributed by atoms with van der Waals surface area (Å²) in [5.74, 6) is -4.43. The summed E-state index contributed by atoms with van der Waals surface area (Å²) in [6.07, 6.45) is 20.5. The lowest BCUT2D eigenvalue weighted by molar-refractivity contribution is -0.174. The molecule has 11 nitrogen and oxygen atoms in total. The van der Waals surface area contributed by atoms with Gasteiger partial charge in [0.15, 0.2) is 29.3 Å². The first-order chi connectivity index (χ1) is 25.7. The molecule has 4 atom stereocenters. The van der Waals surface area contributed by atoms with E-state index in [9.17, 15) is 24.3 Å². The van der Waals surface area contributed by atoms with Crippen LogP contribution in [0.2, 0.25) is 0 Å². The van der Waals surface area contributed by atoms with Crippen molar-refractivity contribution in [3.63, 3.8) is 0 Å². The van der Waals surface area contributed by atoms with E-state index in [4.69, 9.17) is 18.9 Å². The molecule has 1 aromatic carbocycles. The number of hydrogen-bond donors (Lipinski definition) is 2. The van der Waals surface area contributed by atoms with E-state index < -0.39 is 60.3 Å². The molecule has 0 spiro atoms. The number of carbonyl (C=O) groups is 4. The fourth-order valence-electron chi connectivity index (χ4n) is 6.68. The summed E-state index contributed by atoms with van der Waals surface area (Å²) in [4.78, 5) is 56.9. The molecule has 1 saturated heterocycles. The Morgan fingerprint density at radius 2 is 1.40 bits per heavy atom. The van der Waals surface area contributed by atoms with Gasteiger partial charge in [-0.15, -0.1) is 0 Å². The van der Waals surface area contributed by atoms with Crippen molar-refractivity contribution < 1.29 is 43.2 Å². The van der Waals surface area contributed by atoms with Crippen LogP contribution in [0.4, 0.5) is 0 Å². The Morgan fingerprint density at radius 3 is 1.96 bits per heavy atom. The van der Waals surface area contributed by atoms with Gasteiger partial charge in [-0.2, -0.15) is 0 Å². The average Bonchev–Trinajstić information content (AvgIpc) is 3.19. The van der Waals surface area contributed by atoms with Gasteiger partial charge in [-0.25, -0.2) is 9.78 Å². The number of esters is 3. The van der Waals surface area contributed by atoms with E-state index in [2.05, 4.69) is 17.2 Å². The Labute approximate surface area is 315 Å². The molecule has 3 rings (SSSR count). The minimum atomic E-state index is -1.41. The number of nitrogens with zero attached hydrogens (tertiary/aromatic N) is 1. The van der Waals surface area contributed by atoms with Crippen molar-refractivity contribution in [1.29, 1.82) is 0 Å². The van der Waals surface area contributed by atoms with Gasteiger partial charge in [0.05, 0.1) is 7.11 Å². The summed E-state index contributed by atoms with van der Waals surface area (Å²) in [5.41, 5.74) is 0.431. The first-order valence-electron chi connectivity index (χ1n) is 19.9. The lowest BCUT2D eigenvalue weighted by atomic mass is 9.91. The summed E-state index contributed by atoms with van der Waals surface area (Å²) < 4.78 is 22.2. The summed E-state index contributed by atoms with van der Waals surface area (Å²) in [6, 6.07) is 9.19. The predicted octanol–water partition coefficient (Wildman–Crippen LogP) is 8.20. The second-order valence-corrected chi connectivity index (χ2v) is 14.2. The van der Waals surface area contributed by atoms with E-state index >= 15 is 0 Å². The van der Waals surface area contributed by atoms with Crippen LogP contribution in [0.3, 0.4) is 0 Å². The van der Waals surface area contributed by atoms with Crippen molar-refractivity contribution in [2.45, 2.75) is 154 Å². The molecule has 1 aliphatic heterocycles. The molecule has 294 valence electrons. The lowest BCUT2D eigenvalue weighted by Gasteiger charge is -2.29. The van der Waals surface area contributed by atoms with Gasteiger partial charge >= 0.3 is 17.9 Å². The van der Waals surface area contributed by atoms with Crippen molar-refractivity contribution in [2.24, 2.45) is 5.92 Å². The van der Waals surface area contributed by atoms with Gasteiger partial charge in [-0.05, 0) is 25.3 Å². The number of nitrogens with one attached hydrogen (secondary N) is 1. The molecule has 0 bridgehead atoms. The van der Waals surface area contributed by atoms with E-state index in [0.29, 0.717) is 6.42 Å². The van der Waals surface area contributed by atoms with Gasteiger partial charge in [-0.1, -0.05) is 140 Å². The number of ether oxygens (including phenoxy) is 4. The van der Waals surface area contributed by atoms with Crippen molar-refractivity contribution in [3.8, 4) is 11.5 Å². The molecule has 2 N–H and O–H groups in total. The van der Waals surface area contributed by atoms with Crippen LogP contribution in [0.1, 0.15) is 145 Å². The monoisotopic (exact) mass is 738 g/mol. The fourth-order valence-corrected chi connectivity index (χ4v) is 6.68. The molecule has 0 aliphatic carbocycles. The van der Waals surface area contributed by atoms with Gasteiger partial charge in [0.2, 0.25) is 0 Å².